The number of piperazine rings is 1. The summed E-state index contributed by atoms with van der Waals surface area (Å²) in [4.78, 5) is 31.3. The van der Waals surface area contributed by atoms with Crippen LogP contribution in [0.25, 0.3) is 0 Å². The van der Waals surface area contributed by atoms with Crippen LogP contribution < -0.4 is 14.4 Å². The van der Waals surface area contributed by atoms with Gasteiger partial charge in [0.2, 0.25) is 12.7 Å². The first-order valence-electron chi connectivity index (χ1n) is 10.2. The molecule has 0 unspecified atom stereocenters. The Kier molecular flexibility index (Phi) is 5.52. The lowest BCUT2D eigenvalue weighted by Gasteiger charge is -2.37. The molecule has 0 saturated carbocycles. The van der Waals surface area contributed by atoms with Gasteiger partial charge in [0.1, 0.15) is 0 Å². The molecule has 31 heavy (non-hydrogen) atoms. The first-order chi connectivity index (χ1) is 15.0. The Bertz CT molecular complexity index is 1040. The number of hydrogen-bond donors (Lipinski definition) is 0. The quantitative estimate of drug-likeness (QED) is 0.651. The number of hydrogen-bond acceptors (Lipinski definition) is 6. The molecule has 0 aliphatic carbocycles. The predicted octanol–water partition coefficient (Wildman–Crippen LogP) is 3.17. The molecular weight excluding hydrogens is 441 g/mol. The number of imide groups is 1. The summed E-state index contributed by atoms with van der Waals surface area (Å²) in [6.45, 7) is 4.11. The van der Waals surface area contributed by atoms with Crippen molar-refractivity contribution in [3.63, 3.8) is 0 Å². The van der Waals surface area contributed by atoms with Gasteiger partial charge in [0.05, 0.1) is 28.2 Å². The fraction of sp³-hybridized carbons (Fsp3) is 0.364. The lowest BCUT2D eigenvalue weighted by Crippen LogP contribution is -2.52. The Morgan fingerprint density at radius 3 is 2.55 bits per heavy atom. The molecule has 2 saturated heterocycles. The first-order valence-corrected chi connectivity index (χ1v) is 10.9. The van der Waals surface area contributed by atoms with Crippen LogP contribution in [0, 0.1) is 0 Å². The van der Waals surface area contributed by atoms with E-state index < -0.39 is 6.04 Å². The van der Waals surface area contributed by atoms with Gasteiger partial charge in [0.15, 0.2) is 11.5 Å². The maximum absolute atomic E-state index is 13.1. The van der Waals surface area contributed by atoms with Gasteiger partial charge in [-0.2, -0.15) is 0 Å². The van der Waals surface area contributed by atoms with E-state index in [1.807, 2.05) is 18.2 Å². The zero-order valence-electron chi connectivity index (χ0n) is 16.7. The summed E-state index contributed by atoms with van der Waals surface area (Å²) in [5, 5.41) is 0.542. The molecule has 2 aromatic carbocycles. The minimum atomic E-state index is -0.463. The molecule has 2 amide bonds. The van der Waals surface area contributed by atoms with Crippen molar-refractivity contribution in [2.45, 2.75) is 19.0 Å². The fourth-order valence-electron chi connectivity index (χ4n) is 4.35. The van der Waals surface area contributed by atoms with Crippen LogP contribution in [0.2, 0.25) is 10.0 Å². The van der Waals surface area contributed by atoms with Crippen LogP contribution in [-0.2, 0) is 16.1 Å². The van der Waals surface area contributed by atoms with Crippen molar-refractivity contribution in [3.05, 3.63) is 52.0 Å². The van der Waals surface area contributed by atoms with Crippen molar-refractivity contribution in [3.8, 4) is 11.5 Å². The summed E-state index contributed by atoms with van der Waals surface area (Å²) >= 11 is 12.3. The number of carbonyl (C=O) groups excluding carboxylic acids is 2. The molecule has 162 valence electrons. The van der Waals surface area contributed by atoms with E-state index in [0.29, 0.717) is 23.8 Å². The van der Waals surface area contributed by atoms with E-state index in [1.54, 1.807) is 18.2 Å². The number of carbonyl (C=O) groups is 2. The summed E-state index contributed by atoms with van der Waals surface area (Å²) < 4.78 is 10.8. The maximum Gasteiger partial charge on any atom is 0.251 e. The number of ether oxygens (including phenoxy) is 2. The Balaban J connectivity index is 1.22. The van der Waals surface area contributed by atoms with E-state index in [0.717, 1.165) is 36.7 Å². The first kappa shape index (κ1) is 20.6. The number of halogens is 2. The minimum Gasteiger partial charge on any atom is -0.454 e. The average molecular weight is 462 g/mol. The SMILES string of the molecule is O=C1C[C@H](N2CCN(Cc3ccc4c(c3)OCO4)CC2)C(=O)N1c1cccc(Cl)c1Cl. The second-order valence-electron chi connectivity index (χ2n) is 7.86. The molecular formula is C22H21Cl2N3O4. The molecule has 0 aromatic heterocycles. The second kappa shape index (κ2) is 8.31. The Morgan fingerprint density at radius 1 is 0.968 bits per heavy atom. The lowest BCUT2D eigenvalue weighted by molar-refractivity contribution is -0.123. The Labute approximate surface area is 190 Å². The van der Waals surface area contributed by atoms with E-state index in [9.17, 15) is 9.59 Å². The number of anilines is 1. The maximum atomic E-state index is 13.1. The molecule has 3 aliphatic heterocycles. The molecule has 2 aromatic rings. The van der Waals surface area contributed by atoms with Crippen LogP contribution >= 0.6 is 23.2 Å². The summed E-state index contributed by atoms with van der Waals surface area (Å²) in [7, 11) is 0. The second-order valence-corrected chi connectivity index (χ2v) is 8.65. The zero-order valence-corrected chi connectivity index (χ0v) is 18.2. The molecule has 3 heterocycles. The largest absolute Gasteiger partial charge is 0.454 e. The molecule has 5 rings (SSSR count). The third-order valence-electron chi connectivity index (χ3n) is 5.99. The number of benzene rings is 2. The van der Waals surface area contributed by atoms with E-state index >= 15 is 0 Å². The van der Waals surface area contributed by atoms with E-state index in [2.05, 4.69) is 9.80 Å². The highest BCUT2D eigenvalue weighted by Gasteiger charge is 2.44. The number of rotatable bonds is 4. The Morgan fingerprint density at radius 2 is 1.74 bits per heavy atom. The van der Waals surface area contributed by atoms with Crippen LogP contribution in [0.15, 0.2) is 36.4 Å². The minimum absolute atomic E-state index is 0.157. The van der Waals surface area contributed by atoms with Gasteiger partial charge in [0.25, 0.3) is 5.91 Å². The summed E-state index contributed by atoms with van der Waals surface area (Å²) in [6.07, 6.45) is 0.157. The highest BCUT2D eigenvalue weighted by molar-refractivity contribution is 6.44. The predicted molar refractivity (Wildman–Crippen MR) is 117 cm³/mol. The molecule has 0 N–H and O–H groups in total. The molecule has 1 atom stereocenters. The summed E-state index contributed by atoms with van der Waals surface area (Å²) in [6, 6.07) is 10.5. The third-order valence-corrected chi connectivity index (χ3v) is 6.79. The molecule has 3 aliphatic rings. The lowest BCUT2D eigenvalue weighted by atomic mass is 10.1. The highest BCUT2D eigenvalue weighted by atomic mass is 35.5. The molecule has 0 radical (unpaired) electrons. The Hall–Kier alpha value is -2.32. The molecule has 2 fully saturated rings. The van der Waals surface area contributed by atoms with Crippen molar-refractivity contribution >= 4 is 40.7 Å². The van der Waals surface area contributed by atoms with Gasteiger partial charge in [-0.1, -0.05) is 35.3 Å². The van der Waals surface area contributed by atoms with Gasteiger partial charge in [0, 0.05) is 32.7 Å². The average Bonchev–Trinajstić information content (AvgIpc) is 3.34. The normalized spacial score (nSPS) is 21.9. The molecule has 9 heteroatoms. The van der Waals surface area contributed by atoms with Crippen LogP contribution in [-0.4, -0.2) is 60.6 Å². The monoisotopic (exact) mass is 461 g/mol. The van der Waals surface area contributed by atoms with Gasteiger partial charge in [-0.25, -0.2) is 4.90 Å². The summed E-state index contributed by atoms with van der Waals surface area (Å²) in [5.41, 5.74) is 1.51. The van der Waals surface area contributed by atoms with Crippen LogP contribution in [0.5, 0.6) is 11.5 Å². The van der Waals surface area contributed by atoms with Crippen LogP contribution in [0.1, 0.15) is 12.0 Å². The van der Waals surface area contributed by atoms with E-state index in [-0.39, 0.29) is 30.1 Å². The summed E-state index contributed by atoms with van der Waals surface area (Å²) in [5.74, 6) is 1.08. The van der Waals surface area contributed by atoms with Crippen molar-refractivity contribution in [2.75, 3.05) is 37.9 Å². The molecule has 7 nitrogen and oxygen atoms in total. The smallest absolute Gasteiger partial charge is 0.251 e. The van der Waals surface area contributed by atoms with E-state index in [1.165, 1.54) is 4.90 Å². The number of amides is 2. The molecule has 0 bridgehead atoms. The van der Waals surface area contributed by atoms with Crippen molar-refractivity contribution in [1.29, 1.82) is 0 Å². The van der Waals surface area contributed by atoms with Gasteiger partial charge < -0.3 is 9.47 Å². The van der Waals surface area contributed by atoms with Crippen molar-refractivity contribution < 1.29 is 19.1 Å². The zero-order chi connectivity index (χ0) is 21.5. The number of nitrogens with zero attached hydrogens (tertiary/aromatic N) is 3. The van der Waals surface area contributed by atoms with Crippen molar-refractivity contribution in [1.82, 2.24) is 9.80 Å². The topological polar surface area (TPSA) is 62.3 Å². The van der Waals surface area contributed by atoms with Gasteiger partial charge in [-0.05, 0) is 29.8 Å². The fourth-order valence-corrected chi connectivity index (χ4v) is 4.73. The number of fused-ring (bicyclic) bond motifs is 1. The van der Waals surface area contributed by atoms with Gasteiger partial charge in [-0.3, -0.25) is 19.4 Å². The highest BCUT2D eigenvalue weighted by Crippen LogP contribution is 2.36. The molecule has 0 spiro atoms. The van der Waals surface area contributed by atoms with Crippen molar-refractivity contribution in [2.24, 2.45) is 0 Å². The van der Waals surface area contributed by atoms with Gasteiger partial charge >= 0.3 is 0 Å². The standard InChI is InChI=1S/C22H21Cl2N3O4/c23-15-2-1-3-16(21(15)24)27-20(28)11-17(22(27)29)26-8-6-25(7-9-26)12-14-4-5-18-19(10-14)31-13-30-18/h1-5,10,17H,6-9,11-13H2/t17-/m0/s1. The van der Waals surface area contributed by atoms with Crippen LogP contribution in [0.4, 0.5) is 5.69 Å². The van der Waals surface area contributed by atoms with E-state index in [4.69, 9.17) is 32.7 Å². The third kappa shape index (κ3) is 3.87. The van der Waals surface area contributed by atoms with Gasteiger partial charge in [-0.15, -0.1) is 0 Å². The van der Waals surface area contributed by atoms with Crippen LogP contribution in [0.3, 0.4) is 0 Å².